The van der Waals surface area contributed by atoms with Crippen LogP contribution in [0.15, 0.2) is 48.5 Å². The van der Waals surface area contributed by atoms with Gasteiger partial charge in [-0.1, -0.05) is 48.0 Å². The van der Waals surface area contributed by atoms with E-state index >= 15 is 0 Å². The van der Waals surface area contributed by atoms with Crippen molar-refractivity contribution < 1.29 is 9.53 Å². The van der Waals surface area contributed by atoms with Gasteiger partial charge in [-0.15, -0.1) is 12.4 Å². The fraction of sp³-hybridized carbons (Fsp3) is 0.316. The number of carbonyl (C=O) groups excluding carboxylic acids is 1. The van der Waals surface area contributed by atoms with Crippen molar-refractivity contribution in [3.05, 3.63) is 59.7 Å². The molecule has 4 nitrogen and oxygen atoms in total. The van der Waals surface area contributed by atoms with Crippen LogP contribution in [-0.4, -0.2) is 25.7 Å². The maximum Gasteiger partial charge on any atom is 0.222 e. The van der Waals surface area contributed by atoms with Gasteiger partial charge in [0.2, 0.25) is 5.91 Å². The first-order chi connectivity index (χ1) is 11.1. The molecule has 24 heavy (non-hydrogen) atoms. The van der Waals surface area contributed by atoms with Crippen LogP contribution >= 0.6 is 12.4 Å². The van der Waals surface area contributed by atoms with Gasteiger partial charge < -0.3 is 15.8 Å². The maximum absolute atomic E-state index is 11.9. The highest BCUT2D eigenvalue weighted by Crippen LogP contribution is 2.21. The average molecular weight is 349 g/mol. The van der Waals surface area contributed by atoms with Crippen LogP contribution in [0.25, 0.3) is 11.1 Å². The largest absolute Gasteiger partial charge is 0.380 e. The topological polar surface area (TPSA) is 64.3 Å². The summed E-state index contributed by atoms with van der Waals surface area (Å²) in [4.78, 5) is 11.9. The molecule has 1 unspecified atom stereocenters. The van der Waals surface area contributed by atoms with Crippen LogP contribution in [0.3, 0.4) is 0 Å². The van der Waals surface area contributed by atoms with Gasteiger partial charge in [0, 0.05) is 20.2 Å². The summed E-state index contributed by atoms with van der Waals surface area (Å²) in [6.45, 7) is 2.92. The zero-order chi connectivity index (χ0) is 16.7. The Hall–Kier alpha value is -1.88. The maximum atomic E-state index is 11.9. The van der Waals surface area contributed by atoms with E-state index in [4.69, 9.17) is 10.5 Å². The quantitative estimate of drug-likeness (QED) is 0.808. The molecule has 0 aliphatic carbocycles. The third kappa shape index (κ3) is 5.96. The Morgan fingerprint density at radius 3 is 2.46 bits per heavy atom. The van der Waals surface area contributed by atoms with E-state index in [-0.39, 0.29) is 30.8 Å². The predicted octanol–water partition coefficient (Wildman–Crippen LogP) is 3.06. The third-order valence-corrected chi connectivity index (χ3v) is 3.78. The Balaban J connectivity index is 0.00000288. The molecule has 0 saturated heterocycles. The van der Waals surface area contributed by atoms with Crippen LogP contribution in [0.4, 0.5) is 0 Å². The first-order valence-corrected chi connectivity index (χ1v) is 7.78. The van der Waals surface area contributed by atoms with Crippen LogP contribution in [0.1, 0.15) is 17.5 Å². The molecule has 0 saturated carbocycles. The van der Waals surface area contributed by atoms with Gasteiger partial charge in [-0.25, -0.2) is 0 Å². The molecule has 5 heteroatoms. The van der Waals surface area contributed by atoms with Crippen LogP contribution < -0.4 is 11.1 Å². The second-order valence-corrected chi connectivity index (χ2v) is 5.64. The van der Waals surface area contributed by atoms with Gasteiger partial charge in [0.25, 0.3) is 0 Å². The molecule has 130 valence electrons. The van der Waals surface area contributed by atoms with Crippen molar-refractivity contribution in [2.75, 3.05) is 13.7 Å². The molecule has 2 rings (SSSR count). The summed E-state index contributed by atoms with van der Waals surface area (Å²) in [6.07, 6.45) is 0.0542. The fourth-order valence-electron chi connectivity index (χ4n) is 2.43. The van der Waals surface area contributed by atoms with Crippen LogP contribution in [0.2, 0.25) is 0 Å². The van der Waals surface area contributed by atoms with Crippen molar-refractivity contribution >= 4 is 18.3 Å². The minimum Gasteiger partial charge on any atom is -0.380 e. The molecule has 0 heterocycles. The van der Waals surface area contributed by atoms with E-state index < -0.39 is 0 Å². The Labute approximate surface area is 149 Å². The molecule has 1 atom stereocenters. The smallest absolute Gasteiger partial charge is 0.222 e. The first-order valence-electron chi connectivity index (χ1n) is 7.78. The average Bonchev–Trinajstić information content (AvgIpc) is 2.58. The van der Waals surface area contributed by atoms with Gasteiger partial charge >= 0.3 is 0 Å². The van der Waals surface area contributed by atoms with Crippen molar-refractivity contribution in [3.63, 3.8) is 0 Å². The molecule has 0 radical (unpaired) electrons. The molecule has 0 aliphatic heterocycles. The SMILES string of the molecule is COC(CN)CC(=O)NCc1cccc(-c2cccc(C)c2)c1.Cl. The highest BCUT2D eigenvalue weighted by Gasteiger charge is 2.11. The lowest BCUT2D eigenvalue weighted by molar-refractivity contribution is -0.123. The molecular weight excluding hydrogens is 324 g/mol. The summed E-state index contributed by atoms with van der Waals surface area (Å²) in [7, 11) is 1.57. The van der Waals surface area contributed by atoms with Crippen molar-refractivity contribution in [2.24, 2.45) is 5.73 Å². The minimum atomic E-state index is -0.228. The fourth-order valence-corrected chi connectivity index (χ4v) is 2.43. The number of hydrogen-bond acceptors (Lipinski definition) is 3. The number of hydrogen-bond donors (Lipinski definition) is 2. The normalized spacial score (nSPS) is 11.5. The summed E-state index contributed by atoms with van der Waals surface area (Å²) < 4.78 is 5.12. The summed E-state index contributed by atoms with van der Waals surface area (Å²) in [5.41, 5.74) is 10.2. The van der Waals surface area contributed by atoms with E-state index in [2.05, 4.69) is 48.6 Å². The Morgan fingerprint density at radius 1 is 1.17 bits per heavy atom. The molecule has 0 fully saturated rings. The Kier molecular flexibility index (Phi) is 8.47. The Bertz CT molecular complexity index is 657. The predicted molar refractivity (Wildman–Crippen MR) is 100 cm³/mol. The highest BCUT2D eigenvalue weighted by atomic mass is 35.5. The number of ether oxygens (including phenoxy) is 1. The lowest BCUT2D eigenvalue weighted by atomic mass is 10.0. The standard InChI is InChI=1S/C19H24N2O2.ClH/c1-14-5-3-7-16(9-14)17-8-4-6-15(10-17)13-21-19(22)11-18(12-20)23-2;/h3-10,18H,11-13,20H2,1-2H3,(H,21,22);1H. The second-order valence-electron chi connectivity index (χ2n) is 5.64. The van der Waals surface area contributed by atoms with E-state index in [0.29, 0.717) is 13.1 Å². The third-order valence-electron chi connectivity index (χ3n) is 3.78. The first kappa shape index (κ1) is 20.2. The number of amides is 1. The molecular formula is C19H25ClN2O2. The van der Waals surface area contributed by atoms with Crippen LogP contribution in [-0.2, 0) is 16.1 Å². The summed E-state index contributed by atoms with van der Waals surface area (Å²) in [5, 5.41) is 2.91. The summed E-state index contributed by atoms with van der Waals surface area (Å²) in [5.74, 6) is -0.0525. The van der Waals surface area contributed by atoms with E-state index in [1.165, 1.54) is 11.1 Å². The number of rotatable bonds is 7. The van der Waals surface area contributed by atoms with Crippen molar-refractivity contribution in [1.82, 2.24) is 5.32 Å². The number of halogens is 1. The molecule has 1 amide bonds. The van der Waals surface area contributed by atoms with Gasteiger partial charge in [0.05, 0.1) is 12.5 Å². The highest BCUT2D eigenvalue weighted by molar-refractivity contribution is 5.85. The number of nitrogens with one attached hydrogen (secondary N) is 1. The lowest BCUT2D eigenvalue weighted by Crippen LogP contribution is -2.31. The number of nitrogens with two attached hydrogens (primary N) is 1. The van der Waals surface area contributed by atoms with Crippen molar-refractivity contribution in [1.29, 1.82) is 0 Å². The molecule has 2 aromatic rings. The van der Waals surface area contributed by atoms with Gasteiger partial charge in [-0.3, -0.25) is 4.79 Å². The van der Waals surface area contributed by atoms with Crippen molar-refractivity contribution in [2.45, 2.75) is 26.0 Å². The van der Waals surface area contributed by atoms with Gasteiger partial charge in [-0.2, -0.15) is 0 Å². The second kappa shape index (κ2) is 10.1. The van der Waals surface area contributed by atoms with Crippen molar-refractivity contribution in [3.8, 4) is 11.1 Å². The monoisotopic (exact) mass is 348 g/mol. The lowest BCUT2D eigenvalue weighted by Gasteiger charge is -2.13. The minimum absolute atomic E-state index is 0. The van der Waals surface area contributed by atoms with Gasteiger partial charge in [0.1, 0.15) is 0 Å². The van der Waals surface area contributed by atoms with Gasteiger partial charge in [0.15, 0.2) is 0 Å². The van der Waals surface area contributed by atoms with Crippen LogP contribution in [0.5, 0.6) is 0 Å². The van der Waals surface area contributed by atoms with E-state index in [9.17, 15) is 4.79 Å². The van der Waals surface area contributed by atoms with Gasteiger partial charge in [-0.05, 0) is 29.7 Å². The number of carbonyl (C=O) groups is 1. The molecule has 2 aromatic carbocycles. The molecule has 0 aliphatic rings. The van der Waals surface area contributed by atoms with Crippen LogP contribution in [0, 0.1) is 6.92 Å². The summed E-state index contributed by atoms with van der Waals surface area (Å²) in [6, 6.07) is 16.6. The number of benzene rings is 2. The number of aryl methyl sites for hydroxylation is 1. The Morgan fingerprint density at radius 2 is 1.83 bits per heavy atom. The zero-order valence-corrected chi connectivity index (χ0v) is 14.9. The number of methoxy groups -OCH3 is 1. The van der Waals surface area contributed by atoms with E-state index in [1.54, 1.807) is 7.11 Å². The molecule has 0 bridgehead atoms. The molecule has 0 spiro atoms. The zero-order valence-electron chi connectivity index (χ0n) is 14.1. The van der Waals surface area contributed by atoms with E-state index in [0.717, 1.165) is 11.1 Å². The molecule has 3 N–H and O–H groups in total. The molecule has 0 aromatic heterocycles. The summed E-state index contributed by atoms with van der Waals surface area (Å²) >= 11 is 0. The van der Waals surface area contributed by atoms with E-state index in [1.807, 2.05) is 12.1 Å².